The van der Waals surface area contributed by atoms with Crippen molar-refractivity contribution in [3.05, 3.63) is 41.0 Å². The van der Waals surface area contributed by atoms with Crippen molar-refractivity contribution in [3.8, 4) is 5.75 Å². The molecule has 1 aliphatic carbocycles. The molecule has 0 N–H and O–H groups in total. The number of carbonyl (C=O) groups is 1. The van der Waals surface area contributed by atoms with Gasteiger partial charge in [0.25, 0.3) is 0 Å². The van der Waals surface area contributed by atoms with Gasteiger partial charge in [0.2, 0.25) is 0 Å². The number of carbonyl (C=O) groups excluding carboxylic acids is 1. The molecular weight excluding hydrogens is 308 g/mol. The average molecular weight is 343 g/mol. The van der Waals surface area contributed by atoms with Crippen molar-refractivity contribution in [3.63, 3.8) is 0 Å². The number of aryl methyl sites for hydroxylation is 1. The van der Waals surface area contributed by atoms with E-state index in [1.165, 1.54) is 12.0 Å². The molecule has 1 aliphatic rings. The molecule has 2 rings (SSSR count). The molecule has 0 aromatic heterocycles. The van der Waals surface area contributed by atoms with Crippen molar-refractivity contribution in [2.75, 3.05) is 0 Å². The molecule has 0 bridgehead atoms. The second-order valence-corrected chi connectivity index (χ2v) is 9.49. The summed E-state index contributed by atoms with van der Waals surface area (Å²) in [7, 11) is 0. The van der Waals surface area contributed by atoms with Crippen molar-refractivity contribution in [1.29, 1.82) is 0 Å². The van der Waals surface area contributed by atoms with E-state index in [9.17, 15) is 4.79 Å². The molecule has 0 radical (unpaired) electrons. The Kier molecular flexibility index (Phi) is 5.81. The van der Waals surface area contributed by atoms with Crippen LogP contribution in [0.5, 0.6) is 5.75 Å². The Morgan fingerprint density at radius 2 is 1.64 bits per heavy atom. The highest BCUT2D eigenvalue weighted by Crippen LogP contribution is 2.41. The first kappa shape index (κ1) is 19.8. The maximum atomic E-state index is 12.7. The summed E-state index contributed by atoms with van der Waals surface area (Å²) < 4.78 is 6.01. The number of allylic oxidation sites excluding steroid dienone is 2. The van der Waals surface area contributed by atoms with Crippen LogP contribution in [0.15, 0.2) is 24.3 Å². The molecule has 0 saturated heterocycles. The Balaban J connectivity index is 2.38. The highest BCUT2D eigenvalue weighted by Gasteiger charge is 2.29. The second-order valence-electron chi connectivity index (χ2n) is 9.49. The fraction of sp³-hybridized carbons (Fsp3) is 0.609. The molecule has 1 aromatic carbocycles. The Morgan fingerprint density at radius 1 is 1.08 bits per heavy atom. The molecule has 1 aromatic rings. The van der Waals surface area contributed by atoms with Crippen LogP contribution in [0, 0.1) is 12.8 Å². The fourth-order valence-corrected chi connectivity index (χ4v) is 3.42. The van der Waals surface area contributed by atoms with Gasteiger partial charge in [0.15, 0.2) is 0 Å². The van der Waals surface area contributed by atoms with Crippen molar-refractivity contribution >= 4 is 5.97 Å². The minimum atomic E-state index is -0.114. The molecule has 0 saturated carbocycles. The van der Waals surface area contributed by atoms with Gasteiger partial charge >= 0.3 is 5.97 Å². The van der Waals surface area contributed by atoms with Crippen LogP contribution in [0.2, 0.25) is 0 Å². The van der Waals surface area contributed by atoms with E-state index in [0.717, 1.165) is 29.7 Å². The topological polar surface area (TPSA) is 26.3 Å². The lowest BCUT2D eigenvalue weighted by molar-refractivity contribution is -0.135. The third kappa shape index (κ3) is 5.20. The van der Waals surface area contributed by atoms with Crippen LogP contribution in [0.1, 0.15) is 83.9 Å². The molecule has 2 nitrogen and oxygen atoms in total. The number of rotatable bonds is 3. The van der Waals surface area contributed by atoms with E-state index < -0.39 is 0 Å². The monoisotopic (exact) mass is 342 g/mol. The van der Waals surface area contributed by atoms with Gasteiger partial charge in [0.1, 0.15) is 5.75 Å². The van der Waals surface area contributed by atoms with Crippen molar-refractivity contribution in [1.82, 2.24) is 0 Å². The lowest BCUT2D eigenvalue weighted by Crippen LogP contribution is -2.23. The van der Waals surface area contributed by atoms with Gasteiger partial charge < -0.3 is 4.74 Å². The first-order valence-corrected chi connectivity index (χ1v) is 9.51. The summed E-state index contributed by atoms with van der Waals surface area (Å²) in [5.74, 6) is 0.981. The molecule has 1 unspecified atom stereocenters. The summed E-state index contributed by atoms with van der Waals surface area (Å²) in [4.78, 5) is 12.7. The summed E-state index contributed by atoms with van der Waals surface area (Å²) in [5, 5.41) is 0. The Morgan fingerprint density at radius 3 is 2.08 bits per heavy atom. The van der Waals surface area contributed by atoms with Gasteiger partial charge in [-0.05, 0) is 42.9 Å². The van der Waals surface area contributed by atoms with Crippen LogP contribution in [0.25, 0.3) is 0 Å². The zero-order valence-corrected chi connectivity index (χ0v) is 17.0. The highest BCUT2D eigenvalue weighted by atomic mass is 16.5. The highest BCUT2D eigenvalue weighted by molar-refractivity contribution is 5.74. The summed E-state index contributed by atoms with van der Waals surface area (Å²) in [6.07, 6.45) is 8.21. The first-order chi connectivity index (χ1) is 11.5. The van der Waals surface area contributed by atoms with E-state index in [1.807, 2.05) is 0 Å². The largest absolute Gasteiger partial charge is 0.426 e. The van der Waals surface area contributed by atoms with Crippen LogP contribution < -0.4 is 4.74 Å². The van der Waals surface area contributed by atoms with E-state index >= 15 is 0 Å². The van der Waals surface area contributed by atoms with Gasteiger partial charge in [0.05, 0.1) is 6.42 Å². The molecule has 0 spiro atoms. The van der Waals surface area contributed by atoms with Gasteiger partial charge in [-0.3, -0.25) is 4.79 Å². The molecule has 0 heterocycles. The molecule has 1 atom stereocenters. The standard InChI is InChI=1S/C23H34O2/c1-16-13-18(22(2,3)4)21(19(14-16)23(5,6)7)25-20(24)15-17-11-9-8-10-12-17/h9,11,13-14,17H,8,10,12,15H2,1-7H3. The van der Waals surface area contributed by atoms with Crippen LogP contribution in [0.3, 0.4) is 0 Å². The number of hydrogen-bond acceptors (Lipinski definition) is 2. The molecular formula is C23H34O2. The van der Waals surface area contributed by atoms with Gasteiger partial charge in [-0.15, -0.1) is 0 Å². The number of hydrogen-bond donors (Lipinski definition) is 0. The van der Waals surface area contributed by atoms with Gasteiger partial charge in [-0.25, -0.2) is 0 Å². The van der Waals surface area contributed by atoms with Gasteiger partial charge in [-0.1, -0.05) is 71.4 Å². The second kappa shape index (κ2) is 7.35. The first-order valence-electron chi connectivity index (χ1n) is 9.51. The van der Waals surface area contributed by atoms with Crippen LogP contribution in [-0.4, -0.2) is 5.97 Å². The van der Waals surface area contributed by atoms with Crippen LogP contribution >= 0.6 is 0 Å². The van der Waals surface area contributed by atoms with Crippen LogP contribution in [-0.2, 0) is 15.6 Å². The Labute approximate surface area is 153 Å². The predicted octanol–water partition coefficient (Wildman–Crippen LogP) is 6.24. The normalized spacial score (nSPS) is 18.3. The smallest absolute Gasteiger partial charge is 0.311 e. The predicted molar refractivity (Wildman–Crippen MR) is 105 cm³/mol. The Bertz CT molecular complexity index is 619. The maximum Gasteiger partial charge on any atom is 0.311 e. The third-order valence-corrected chi connectivity index (χ3v) is 4.85. The maximum absolute atomic E-state index is 12.7. The summed E-state index contributed by atoms with van der Waals surface area (Å²) in [5.41, 5.74) is 3.29. The quantitative estimate of drug-likeness (QED) is 0.369. The van der Waals surface area contributed by atoms with Crippen LogP contribution in [0.4, 0.5) is 0 Å². The van der Waals surface area contributed by atoms with E-state index in [4.69, 9.17) is 4.74 Å². The minimum absolute atomic E-state index is 0.0770. The zero-order valence-electron chi connectivity index (χ0n) is 17.0. The molecule has 0 aliphatic heterocycles. The molecule has 0 fully saturated rings. The average Bonchev–Trinajstić information content (AvgIpc) is 2.47. The lowest BCUT2D eigenvalue weighted by atomic mass is 9.78. The zero-order chi connectivity index (χ0) is 18.8. The Hall–Kier alpha value is -1.57. The number of esters is 1. The van der Waals surface area contributed by atoms with E-state index in [0.29, 0.717) is 12.3 Å². The fourth-order valence-electron chi connectivity index (χ4n) is 3.42. The van der Waals surface area contributed by atoms with Gasteiger partial charge in [-0.2, -0.15) is 0 Å². The minimum Gasteiger partial charge on any atom is -0.426 e. The molecule has 138 valence electrons. The van der Waals surface area contributed by atoms with Gasteiger partial charge in [0, 0.05) is 11.1 Å². The molecule has 25 heavy (non-hydrogen) atoms. The molecule has 2 heteroatoms. The van der Waals surface area contributed by atoms with E-state index in [-0.39, 0.29) is 16.8 Å². The molecule has 0 amide bonds. The lowest BCUT2D eigenvalue weighted by Gasteiger charge is -2.30. The van der Waals surface area contributed by atoms with E-state index in [1.54, 1.807) is 0 Å². The summed E-state index contributed by atoms with van der Waals surface area (Å²) in [6, 6.07) is 4.33. The number of benzene rings is 1. The SMILES string of the molecule is Cc1cc(C(C)(C)C)c(OC(=O)CC2C=CCCC2)c(C(C)(C)C)c1. The van der Waals surface area contributed by atoms with Crippen molar-refractivity contribution in [2.45, 2.75) is 85.0 Å². The van der Waals surface area contributed by atoms with Crippen molar-refractivity contribution < 1.29 is 9.53 Å². The summed E-state index contributed by atoms with van der Waals surface area (Å²) >= 11 is 0. The van der Waals surface area contributed by atoms with Crippen molar-refractivity contribution in [2.24, 2.45) is 5.92 Å². The summed E-state index contributed by atoms with van der Waals surface area (Å²) in [6.45, 7) is 15.2. The third-order valence-electron chi connectivity index (χ3n) is 4.85. The van der Waals surface area contributed by atoms with E-state index in [2.05, 4.69) is 72.8 Å². The number of ether oxygens (including phenoxy) is 1.